The summed E-state index contributed by atoms with van der Waals surface area (Å²) in [6.45, 7) is 3.93. The second kappa shape index (κ2) is 6.54. The van der Waals surface area contributed by atoms with E-state index in [2.05, 4.69) is 0 Å². The van der Waals surface area contributed by atoms with Gasteiger partial charge in [-0.2, -0.15) is 5.26 Å². The third-order valence-corrected chi connectivity index (χ3v) is 2.07. The van der Waals surface area contributed by atoms with Crippen LogP contribution in [0.1, 0.15) is 20.3 Å². The Morgan fingerprint density at radius 2 is 2.06 bits per heavy atom. The SMILES string of the molecule is CC(C)OC(=O)N(CCC#N)c1ccccc1. The van der Waals surface area contributed by atoms with Gasteiger partial charge in [0.15, 0.2) is 0 Å². The molecule has 0 saturated carbocycles. The highest BCUT2D eigenvalue weighted by molar-refractivity contribution is 5.87. The average molecular weight is 232 g/mol. The predicted molar refractivity (Wildman–Crippen MR) is 65.6 cm³/mol. The first-order chi connectivity index (χ1) is 8.15. The summed E-state index contributed by atoms with van der Waals surface area (Å²) in [5.41, 5.74) is 0.744. The maximum atomic E-state index is 11.9. The van der Waals surface area contributed by atoms with E-state index in [0.717, 1.165) is 5.69 Å². The van der Waals surface area contributed by atoms with Gasteiger partial charge in [-0.15, -0.1) is 0 Å². The second-order valence-electron chi connectivity index (χ2n) is 3.83. The molecule has 0 spiro atoms. The van der Waals surface area contributed by atoms with Crippen molar-refractivity contribution < 1.29 is 9.53 Å². The minimum atomic E-state index is -0.415. The van der Waals surface area contributed by atoms with Gasteiger partial charge in [-0.3, -0.25) is 4.90 Å². The lowest BCUT2D eigenvalue weighted by Gasteiger charge is -2.22. The summed E-state index contributed by atoms with van der Waals surface area (Å²) in [5, 5.41) is 8.60. The zero-order valence-corrected chi connectivity index (χ0v) is 10.1. The van der Waals surface area contributed by atoms with Gasteiger partial charge in [0.05, 0.1) is 18.6 Å². The van der Waals surface area contributed by atoms with Crippen molar-refractivity contribution in [3.63, 3.8) is 0 Å². The molecule has 1 aromatic carbocycles. The van der Waals surface area contributed by atoms with E-state index in [1.807, 2.05) is 36.4 Å². The van der Waals surface area contributed by atoms with Crippen LogP contribution in [0.4, 0.5) is 10.5 Å². The predicted octanol–water partition coefficient (Wildman–Crippen LogP) is 2.95. The van der Waals surface area contributed by atoms with Gasteiger partial charge in [0.1, 0.15) is 0 Å². The maximum absolute atomic E-state index is 11.9. The largest absolute Gasteiger partial charge is 0.446 e. The Hall–Kier alpha value is -2.02. The van der Waals surface area contributed by atoms with Crippen LogP contribution in [0.5, 0.6) is 0 Å². The van der Waals surface area contributed by atoms with Gasteiger partial charge in [0, 0.05) is 12.2 Å². The third kappa shape index (κ3) is 4.15. The monoisotopic (exact) mass is 232 g/mol. The molecule has 0 atom stereocenters. The van der Waals surface area contributed by atoms with Gasteiger partial charge in [0.2, 0.25) is 0 Å². The van der Waals surface area contributed by atoms with E-state index in [1.54, 1.807) is 13.8 Å². The van der Waals surface area contributed by atoms with Gasteiger partial charge >= 0.3 is 6.09 Å². The van der Waals surface area contributed by atoms with Gasteiger partial charge in [-0.25, -0.2) is 4.79 Å². The molecule has 0 N–H and O–H groups in total. The second-order valence-corrected chi connectivity index (χ2v) is 3.83. The lowest BCUT2D eigenvalue weighted by molar-refractivity contribution is 0.122. The molecule has 0 saturated heterocycles. The molecule has 1 amide bonds. The van der Waals surface area contributed by atoms with Crippen molar-refractivity contribution in [2.24, 2.45) is 0 Å². The van der Waals surface area contributed by atoms with Crippen molar-refractivity contribution >= 4 is 11.8 Å². The molecule has 0 bridgehead atoms. The fourth-order valence-electron chi connectivity index (χ4n) is 1.36. The number of nitrogens with zero attached hydrogens (tertiary/aromatic N) is 2. The number of amides is 1. The first-order valence-electron chi connectivity index (χ1n) is 5.55. The van der Waals surface area contributed by atoms with Crippen molar-refractivity contribution in [2.75, 3.05) is 11.4 Å². The molecule has 1 aromatic rings. The van der Waals surface area contributed by atoms with Crippen LogP contribution in [0.2, 0.25) is 0 Å². The number of carbonyl (C=O) groups is 1. The number of carbonyl (C=O) groups excluding carboxylic acids is 1. The minimum Gasteiger partial charge on any atom is -0.446 e. The molecule has 4 nitrogen and oxygen atoms in total. The van der Waals surface area contributed by atoms with E-state index in [4.69, 9.17) is 10.00 Å². The topological polar surface area (TPSA) is 53.3 Å². The molecular formula is C13H16N2O2. The lowest BCUT2D eigenvalue weighted by atomic mass is 10.3. The van der Waals surface area contributed by atoms with E-state index in [0.29, 0.717) is 6.54 Å². The number of para-hydroxylation sites is 1. The van der Waals surface area contributed by atoms with Crippen LogP contribution in [0.25, 0.3) is 0 Å². The number of benzene rings is 1. The molecule has 0 fully saturated rings. The van der Waals surface area contributed by atoms with Crippen LogP contribution in [0.3, 0.4) is 0 Å². The molecule has 1 rings (SSSR count). The van der Waals surface area contributed by atoms with Crippen LogP contribution in [0, 0.1) is 11.3 Å². The Bertz CT molecular complexity index is 396. The molecule has 0 radical (unpaired) electrons. The molecule has 0 aliphatic heterocycles. The number of hydrogen-bond donors (Lipinski definition) is 0. The summed E-state index contributed by atoms with van der Waals surface area (Å²) in [7, 11) is 0. The van der Waals surface area contributed by atoms with Crippen LogP contribution >= 0.6 is 0 Å². The van der Waals surface area contributed by atoms with Crippen molar-refractivity contribution in [1.29, 1.82) is 5.26 Å². The first-order valence-corrected chi connectivity index (χ1v) is 5.55. The van der Waals surface area contributed by atoms with Gasteiger partial charge < -0.3 is 4.74 Å². The number of rotatable bonds is 4. The molecule has 4 heteroatoms. The van der Waals surface area contributed by atoms with Crippen LogP contribution in [0.15, 0.2) is 30.3 Å². The molecule has 0 aliphatic carbocycles. The van der Waals surface area contributed by atoms with Gasteiger partial charge in [-0.1, -0.05) is 18.2 Å². The highest BCUT2D eigenvalue weighted by Gasteiger charge is 2.17. The molecule has 90 valence electrons. The zero-order valence-electron chi connectivity index (χ0n) is 10.1. The summed E-state index contributed by atoms with van der Waals surface area (Å²) < 4.78 is 5.14. The van der Waals surface area contributed by atoms with E-state index < -0.39 is 6.09 Å². The Morgan fingerprint density at radius 3 is 2.59 bits per heavy atom. The van der Waals surface area contributed by atoms with Crippen molar-refractivity contribution in [3.8, 4) is 6.07 Å². The van der Waals surface area contributed by atoms with Crippen molar-refractivity contribution in [1.82, 2.24) is 0 Å². The summed E-state index contributed by atoms with van der Waals surface area (Å²) >= 11 is 0. The summed E-state index contributed by atoms with van der Waals surface area (Å²) in [6.07, 6.45) is -0.306. The zero-order chi connectivity index (χ0) is 12.7. The number of ether oxygens (including phenoxy) is 1. The molecule has 17 heavy (non-hydrogen) atoms. The van der Waals surface area contributed by atoms with Crippen LogP contribution < -0.4 is 4.90 Å². The molecule has 0 unspecified atom stereocenters. The molecule has 0 aromatic heterocycles. The first kappa shape index (κ1) is 13.0. The van der Waals surface area contributed by atoms with Gasteiger partial charge in [-0.05, 0) is 26.0 Å². The Labute approximate surface area is 101 Å². The van der Waals surface area contributed by atoms with E-state index in [1.165, 1.54) is 4.90 Å². The fraction of sp³-hybridized carbons (Fsp3) is 0.385. The third-order valence-electron chi connectivity index (χ3n) is 2.07. The molecular weight excluding hydrogens is 216 g/mol. The van der Waals surface area contributed by atoms with Crippen LogP contribution in [-0.2, 0) is 4.74 Å². The lowest BCUT2D eigenvalue weighted by Crippen LogP contribution is -2.33. The number of hydrogen-bond acceptors (Lipinski definition) is 3. The van der Waals surface area contributed by atoms with E-state index >= 15 is 0 Å². The van der Waals surface area contributed by atoms with Crippen molar-refractivity contribution in [2.45, 2.75) is 26.4 Å². The van der Waals surface area contributed by atoms with Crippen LogP contribution in [-0.4, -0.2) is 18.7 Å². The van der Waals surface area contributed by atoms with E-state index in [-0.39, 0.29) is 12.5 Å². The normalized spacial score (nSPS) is 9.76. The average Bonchev–Trinajstić information content (AvgIpc) is 2.30. The standard InChI is InChI=1S/C13H16N2O2/c1-11(2)17-13(16)15(10-6-9-14)12-7-4-3-5-8-12/h3-5,7-8,11H,6,10H2,1-2H3. The summed E-state index contributed by atoms with van der Waals surface area (Å²) in [6, 6.07) is 11.2. The highest BCUT2D eigenvalue weighted by atomic mass is 16.6. The van der Waals surface area contributed by atoms with Gasteiger partial charge in [0.25, 0.3) is 0 Å². The van der Waals surface area contributed by atoms with E-state index in [9.17, 15) is 4.79 Å². The number of nitriles is 1. The maximum Gasteiger partial charge on any atom is 0.414 e. The smallest absolute Gasteiger partial charge is 0.414 e. The Balaban J connectivity index is 2.81. The van der Waals surface area contributed by atoms with Crippen molar-refractivity contribution in [3.05, 3.63) is 30.3 Å². The summed E-state index contributed by atoms with van der Waals surface area (Å²) in [4.78, 5) is 13.3. The molecule has 0 heterocycles. The highest BCUT2D eigenvalue weighted by Crippen LogP contribution is 2.15. The Kier molecular flexibility index (Phi) is 5.02. The Morgan fingerprint density at radius 1 is 1.41 bits per heavy atom. The minimum absolute atomic E-state index is 0.171. The number of anilines is 1. The molecule has 0 aliphatic rings. The quantitative estimate of drug-likeness (QED) is 0.802. The fourth-order valence-corrected chi connectivity index (χ4v) is 1.36. The summed E-state index contributed by atoms with van der Waals surface area (Å²) in [5.74, 6) is 0.